The summed E-state index contributed by atoms with van der Waals surface area (Å²) in [5, 5.41) is 9.91. The highest BCUT2D eigenvalue weighted by Crippen LogP contribution is 2.47. The highest BCUT2D eigenvalue weighted by molar-refractivity contribution is 5.14. The largest absolute Gasteiger partial charge is 0.396 e. The van der Waals surface area contributed by atoms with Crippen molar-refractivity contribution < 1.29 is 14.6 Å². The molecule has 1 aliphatic heterocycles. The topological polar surface area (TPSA) is 38.7 Å². The molecule has 0 aromatic heterocycles. The zero-order chi connectivity index (χ0) is 15.3. The molecule has 1 aromatic carbocycles. The van der Waals surface area contributed by atoms with Crippen molar-refractivity contribution in [3.05, 3.63) is 35.9 Å². The van der Waals surface area contributed by atoms with Crippen molar-refractivity contribution in [2.45, 2.75) is 57.2 Å². The van der Waals surface area contributed by atoms with Gasteiger partial charge in [0.1, 0.15) is 0 Å². The highest BCUT2D eigenvalue weighted by atomic mass is 16.7. The minimum absolute atomic E-state index is 0.0945. The summed E-state index contributed by atoms with van der Waals surface area (Å²) in [4.78, 5) is 0. The van der Waals surface area contributed by atoms with E-state index < -0.39 is 0 Å². The van der Waals surface area contributed by atoms with Crippen LogP contribution in [0.3, 0.4) is 0 Å². The third-order valence-corrected chi connectivity index (χ3v) is 5.49. The molecule has 0 atom stereocenters. The Kier molecular flexibility index (Phi) is 5.17. The summed E-state index contributed by atoms with van der Waals surface area (Å²) in [6.07, 6.45) is 8.56. The van der Waals surface area contributed by atoms with Crippen molar-refractivity contribution in [2.24, 2.45) is 5.41 Å². The molecular weight excluding hydrogens is 276 g/mol. The molecule has 1 spiro atoms. The number of hydrogen-bond acceptors (Lipinski definition) is 3. The van der Waals surface area contributed by atoms with E-state index >= 15 is 0 Å². The molecule has 3 rings (SSSR count). The molecule has 0 amide bonds. The van der Waals surface area contributed by atoms with E-state index in [-0.39, 0.29) is 11.2 Å². The van der Waals surface area contributed by atoms with E-state index in [2.05, 4.69) is 30.3 Å². The molecule has 3 heteroatoms. The van der Waals surface area contributed by atoms with E-state index in [1.165, 1.54) is 18.4 Å². The molecule has 1 saturated carbocycles. The van der Waals surface area contributed by atoms with Gasteiger partial charge in [-0.2, -0.15) is 0 Å². The first-order chi connectivity index (χ1) is 10.8. The predicted octanol–water partition coefficient (Wildman–Crippen LogP) is 3.70. The molecular formula is C19H28O3. The predicted molar refractivity (Wildman–Crippen MR) is 86.6 cm³/mol. The van der Waals surface area contributed by atoms with Gasteiger partial charge in [-0.25, -0.2) is 0 Å². The smallest absolute Gasteiger partial charge is 0.168 e. The van der Waals surface area contributed by atoms with Crippen molar-refractivity contribution in [3.8, 4) is 0 Å². The molecule has 1 N–H and O–H groups in total. The van der Waals surface area contributed by atoms with Crippen LogP contribution in [0, 0.1) is 5.41 Å². The molecule has 2 aliphatic rings. The number of unbranched alkanes of at least 4 members (excludes halogenated alkanes) is 1. The lowest BCUT2D eigenvalue weighted by atomic mass is 9.69. The summed E-state index contributed by atoms with van der Waals surface area (Å²) in [7, 11) is 0. The normalized spacial score (nSPS) is 23.0. The van der Waals surface area contributed by atoms with Crippen LogP contribution in [0.25, 0.3) is 0 Å². The van der Waals surface area contributed by atoms with Gasteiger partial charge in [0.25, 0.3) is 0 Å². The number of ether oxygens (including phenoxy) is 2. The van der Waals surface area contributed by atoms with Gasteiger partial charge in [0, 0.05) is 19.4 Å². The molecule has 0 radical (unpaired) electrons. The van der Waals surface area contributed by atoms with Gasteiger partial charge in [-0.05, 0) is 43.1 Å². The van der Waals surface area contributed by atoms with Crippen LogP contribution in [-0.4, -0.2) is 30.7 Å². The van der Waals surface area contributed by atoms with Crippen molar-refractivity contribution >= 4 is 0 Å². The summed E-state index contributed by atoms with van der Waals surface area (Å²) in [5.74, 6) is -0.317. The molecule has 1 heterocycles. The van der Waals surface area contributed by atoms with E-state index in [0.717, 1.165) is 51.7 Å². The summed E-state index contributed by atoms with van der Waals surface area (Å²) in [5.41, 5.74) is 1.51. The number of rotatable bonds is 6. The summed E-state index contributed by atoms with van der Waals surface area (Å²) >= 11 is 0. The second kappa shape index (κ2) is 7.12. The molecule has 3 nitrogen and oxygen atoms in total. The quantitative estimate of drug-likeness (QED) is 0.815. The van der Waals surface area contributed by atoms with Crippen LogP contribution in [0.5, 0.6) is 0 Å². The first kappa shape index (κ1) is 16.0. The van der Waals surface area contributed by atoms with E-state index in [0.29, 0.717) is 6.61 Å². The van der Waals surface area contributed by atoms with Gasteiger partial charge >= 0.3 is 0 Å². The zero-order valence-electron chi connectivity index (χ0n) is 13.4. The van der Waals surface area contributed by atoms with E-state index in [1.54, 1.807) is 0 Å². The number of benzene rings is 1. The fourth-order valence-electron chi connectivity index (χ4n) is 3.91. The van der Waals surface area contributed by atoms with Crippen molar-refractivity contribution in [3.63, 3.8) is 0 Å². The van der Waals surface area contributed by atoms with Crippen LogP contribution in [0.1, 0.15) is 50.5 Å². The molecule has 2 fully saturated rings. The van der Waals surface area contributed by atoms with Crippen LogP contribution in [0.4, 0.5) is 0 Å². The Labute approximate surface area is 133 Å². The van der Waals surface area contributed by atoms with Crippen molar-refractivity contribution in [1.29, 1.82) is 0 Å². The van der Waals surface area contributed by atoms with Gasteiger partial charge in [0.2, 0.25) is 0 Å². The Balaban J connectivity index is 1.44. The monoisotopic (exact) mass is 304 g/mol. The second-order valence-electron chi connectivity index (χ2n) is 6.96. The fraction of sp³-hybridized carbons (Fsp3) is 0.684. The number of hydrogen-bond donors (Lipinski definition) is 1. The van der Waals surface area contributed by atoms with Gasteiger partial charge in [-0.15, -0.1) is 0 Å². The SMILES string of the molecule is OCC1(CCCCc2ccccc2)CCC2(CC1)OCCO2. The lowest BCUT2D eigenvalue weighted by Crippen LogP contribution is -2.41. The molecule has 0 unspecified atom stereocenters. The van der Waals surface area contributed by atoms with Crippen molar-refractivity contribution in [1.82, 2.24) is 0 Å². The van der Waals surface area contributed by atoms with Gasteiger partial charge in [-0.1, -0.05) is 36.8 Å². The Hall–Kier alpha value is -0.900. The number of aliphatic hydroxyl groups excluding tert-OH is 1. The van der Waals surface area contributed by atoms with Crippen LogP contribution in [-0.2, 0) is 15.9 Å². The minimum atomic E-state index is -0.317. The minimum Gasteiger partial charge on any atom is -0.396 e. The number of aliphatic hydroxyl groups is 1. The van der Waals surface area contributed by atoms with Crippen LogP contribution >= 0.6 is 0 Å². The van der Waals surface area contributed by atoms with Crippen LogP contribution in [0.2, 0.25) is 0 Å². The molecule has 0 bridgehead atoms. The Morgan fingerprint density at radius 2 is 1.59 bits per heavy atom. The number of aryl methyl sites for hydroxylation is 1. The van der Waals surface area contributed by atoms with E-state index in [9.17, 15) is 5.11 Å². The Morgan fingerprint density at radius 3 is 2.23 bits per heavy atom. The third kappa shape index (κ3) is 3.70. The third-order valence-electron chi connectivity index (χ3n) is 5.49. The fourth-order valence-corrected chi connectivity index (χ4v) is 3.91. The van der Waals surface area contributed by atoms with E-state index in [4.69, 9.17) is 9.47 Å². The average Bonchev–Trinajstić information content (AvgIpc) is 3.03. The molecule has 1 saturated heterocycles. The summed E-state index contributed by atoms with van der Waals surface area (Å²) < 4.78 is 11.6. The van der Waals surface area contributed by atoms with Crippen LogP contribution in [0.15, 0.2) is 30.3 Å². The molecule has 1 aliphatic carbocycles. The average molecular weight is 304 g/mol. The maximum absolute atomic E-state index is 9.91. The van der Waals surface area contributed by atoms with Crippen molar-refractivity contribution in [2.75, 3.05) is 19.8 Å². The summed E-state index contributed by atoms with van der Waals surface area (Å²) in [6.45, 7) is 1.75. The second-order valence-corrected chi connectivity index (χ2v) is 6.96. The molecule has 122 valence electrons. The lowest BCUT2D eigenvalue weighted by Gasteiger charge is -2.43. The first-order valence-electron chi connectivity index (χ1n) is 8.69. The van der Waals surface area contributed by atoms with Gasteiger partial charge in [0.15, 0.2) is 5.79 Å². The maximum atomic E-state index is 9.91. The van der Waals surface area contributed by atoms with Gasteiger partial charge in [-0.3, -0.25) is 0 Å². The summed E-state index contributed by atoms with van der Waals surface area (Å²) in [6, 6.07) is 10.7. The Bertz CT molecular complexity index is 441. The van der Waals surface area contributed by atoms with Gasteiger partial charge in [0.05, 0.1) is 13.2 Å². The molecule has 22 heavy (non-hydrogen) atoms. The van der Waals surface area contributed by atoms with Gasteiger partial charge < -0.3 is 14.6 Å². The maximum Gasteiger partial charge on any atom is 0.168 e. The standard InChI is InChI=1S/C19H28O3/c20-16-18(9-5-4-8-17-6-2-1-3-7-17)10-12-19(13-11-18)21-14-15-22-19/h1-3,6-7,20H,4-5,8-16H2. The Morgan fingerprint density at radius 1 is 0.909 bits per heavy atom. The zero-order valence-corrected chi connectivity index (χ0v) is 13.4. The first-order valence-corrected chi connectivity index (χ1v) is 8.69. The molecule has 1 aromatic rings. The van der Waals surface area contributed by atoms with E-state index in [1.807, 2.05) is 0 Å². The highest BCUT2D eigenvalue weighted by Gasteiger charge is 2.45. The lowest BCUT2D eigenvalue weighted by molar-refractivity contribution is -0.195. The van der Waals surface area contributed by atoms with Crippen LogP contribution < -0.4 is 0 Å².